The Morgan fingerprint density at radius 1 is 1.03 bits per heavy atom. The number of carbonyl (C=O) groups excluding carboxylic acids is 1. The van der Waals surface area contributed by atoms with Crippen LogP contribution in [0.1, 0.15) is 18.4 Å². The Hall–Kier alpha value is -2.13. The molecule has 2 aliphatic rings. The Labute approximate surface area is 181 Å². The van der Waals surface area contributed by atoms with Gasteiger partial charge in [-0.2, -0.15) is 17.0 Å². The molecule has 0 radical (unpaired) electrons. The van der Waals surface area contributed by atoms with E-state index in [1.165, 1.54) is 16.4 Å². The van der Waals surface area contributed by atoms with Gasteiger partial charge in [-0.1, -0.05) is 6.07 Å². The van der Waals surface area contributed by atoms with Gasteiger partial charge in [0.2, 0.25) is 15.9 Å². The van der Waals surface area contributed by atoms with Crippen LogP contribution >= 0.6 is 0 Å². The second kappa shape index (κ2) is 8.78. The van der Waals surface area contributed by atoms with Crippen LogP contribution in [0, 0.1) is 23.0 Å². The zero-order chi connectivity index (χ0) is 23.0. The zero-order valence-electron chi connectivity index (χ0n) is 17.0. The van der Waals surface area contributed by atoms with Gasteiger partial charge in [-0.05, 0) is 25.3 Å². The van der Waals surface area contributed by atoms with Gasteiger partial charge in [0.1, 0.15) is 0 Å². The number of hydrogen-bond donors (Lipinski definition) is 1. The zero-order valence-corrected chi connectivity index (χ0v) is 18.6. The van der Waals surface area contributed by atoms with Crippen molar-refractivity contribution in [3.05, 3.63) is 33.9 Å². The summed E-state index contributed by atoms with van der Waals surface area (Å²) in [6, 6.07) is 3.71. The number of sulfonamides is 1. The van der Waals surface area contributed by atoms with Gasteiger partial charge in [0.05, 0.1) is 9.82 Å². The molecule has 172 valence electrons. The Balaban J connectivity index is 1.64. The molecule has 1 aromatic carbocycles. The molecule has 2 N–H and O–H groups in total. The summed E-state index contributed by atoms with van der Waals surface area (Å²) in [4.78, 5) is 24.6. The molecular weight excluding hydrogens is 450 g/mol. The van der Waals surface area contributed by atoms with E-state index in [9.17, 15) is 31.7 Å². The molecule has 0 saturated carbocycles. The van der Waals surface area contributed by atoms with Crippen LogP contribution < -0.4 is 5.14 Å². The van der Waals surface area contributed by atoms with E-state index in [1.54, 1.807) is 11.8 Å². The minimum absolute atomic E-state index is 0.0756. The number of nitro groups is 1. The summed E-state index contributed by atoms with van der Waals surface area (Å²) in [5.74, 6) is -0.460. The summed E-state index contributed by atoms with van der Waals surface area (Å²) in [7, 11) is -7.71. The molecule has 0 aliphatic carbocycles. The summed E-state index contributed by atoms with van der Waals surface area (Å²) in [6.07, 6.45) is 0.724. The number of carbonyl (C=O) groups is 1. The van der Waals surface area contributed by atoms with E-state index in [0.717, 1.165) is 10.4 Å². The largest absolute Gasteiger partial charge is 0.340 e. The Kier molecular flexibility index (Phi) is 6.67. The minimum atomic E-state index is -3.94. The first-order valence-corrected chi connectivity index (χ1v) is 12.7. The Morgan fingerprint density at radius 3 is 2.13 bits per heavy atom. The number of piperazine rings is 1. The first-order valence-electron chi connectivity index (χ1n) is 9.73. The predicted molar refractivity (Wildman–Crippen MR) is 111 cm³/mol. The van der Waals surface area contributed by atoms with Crippen LogP contribution in [0.15, 0.2) is 23.1 Å². The van der Waals surface area contributed by atoms with E-state index in [4.69, 9.17) is 5.14 Å². The molecule has 1 amide bonds. The molecule has 2 heterocycles. The third kappa shape index (κ3) is 5.03. The average Bonchev–Trinajstić information content (AvgIpc) is 2.72. The lowest BCUT2D eigenvalue weighted by Gasteiger charge is -2.37. The first-order chi connectivity index (χ1) is 14.4. The van der Waals surface area contributed by atoms with Crippen LogP contribution in [0.25, 0.3) is 0 Å². The summed E-state index contributed by atoms with van der Waals surface area (Å²) in [5.41, 5.74) is 0.106. The molecule has 2 aliphatic heterocycles. The van der Waals surface area contributed by atoms with E-state index in [1.807, 2.05) is 0 Å². The van der Waals surface area contributed by atoms with Crippen molar-refractivity contribution >= 4 is 31.8 Å². The number of amides is 1. The molecule has 0 unspecified atom stereocenters. The fraction of sp³-hybridized carbons (Fsp3) is 0.588. The molecule has 3 rings (SSSR count). The molecule has 0 aromatic heterocycles. The maximum atomic E-state index is 13.0. The molecule has 2 fully saturated rings. The smallest absolute Gasteiger partial charge is 0.276 e. The van der Waals surface area contributed by atoms with Crippen molar-refractivity contribution in [2.24, 2.45) is 11.1 Å². The molecule has 1 aromatic rings. The summed E-state index contributed by atoms with van der Waals surface area (Å²) in [5, 5.41) is 16.1. The fourth-order valence-corrected chi connectivity index (χ4v) is 6.27. The van der Waals surface area contributed by atoms with E-state index < -0.39 is 25.2 Å². The van der Waals surface area contributed by atoms with Gasteiger partial charge in [-0.15, -0.1) is 0 Å². The first kappa shape index (κ1) is 23.5. The third-order valence-corrected chi connectivity index (χ3v) is 8.84. The van der Waals surface area contributed by atoms with Gasteiger partial charge in [0.25, 0.3) is 15.9 Å². The standard InChI is InChI=1S/C17H25N5O7S2/c1-13-2-3-15(22(24)25)12-16(13)30(26,27)20-10-8-19(9-11-20)17(23)14-4-6-21(7-5-14)31(18,28)29/h2-3,12,14H,4-11H2,1H3,(H2,18,28,29). The number of non-ortho nitro benzene ring substituents is 1. The summed E-state index contributed by atoms with van der Waals surface area (Å²) < 4.78 is 51.2. The topological polar surface area (TPSA) is 164 Å². The van der Waals surface area contributed by atoms with Crippen molar-refractivity contribution in [3.8, 4) is 0 Å². The van der Waals surface area contributed by atoms with Crippen LogP contribution in [0.2, 0.25) is 0 Å². The molecule has 14 heteroatoms. The molecular formula is C17H25N5O7S2. The van der Waals surface area contributed by atoms with Crippen molar-refractivity contribution in [2.75, 3.05) is 39.3 Å². The SMILES string of the molecule is Cc1ccc([N+](=O)[O-])cc1S(=O)(=O)N1CCN(C(=O)C2CCN(S(N)(=O)=O)CC2)CC1. The highest BCUT2D eigenvalue weighted by Crippen LogP contribution is 2.27. The van der Waals surface area contributed by atoms with Crippen LogP contribution in [0.5, 0.6) is 0 Å². The highest BCUT2D eigenvalue weighted by molar-refractivity contribution is 7.89. The van der Waals surface area contributed by atoms with Gasteiger partial charge in [-0.25, -0.2) is 13.6 Å². The van der Waals surface area contributed by atoms with Gasteiger partial charge < -0.3 is 4.90 Å². The molecule has 0 spiro atoms. The van der Waals surface area contributed by atoms with Crippen LogP contribution in [0.3, 0.4) is 0 Å². The second-order valence-corrected chi connectivity index (χ2v) is 11.1. The number of piperidine rings is 1. The monoisotopic (exact) mass is 475 g/mol. The lowest BCUT2D eigenvalue weighted by molar-refractivity contribution is -0.385. The van der Waals surface area contributed by atoms with Gasteiger partial charge in [0.15, 0.2) is 0 Å². The number of nitro benzene ring substituents is 1. The minimum Gasteiger partial charge on any atom is -0.340 e. The molecule has 31 heavy (non-hydrogen) atoms. The van der Waals surface area contributed by atoms with Gasteiger partial charge in [-0.3, -0.25) is 14.9 Å². The molecule has 2 saturated heterocycles. The van der Waals surface area contributed by atoms with Crippen molar-refractivity contribution in [1.29, 1.82) is 0 Å². The maximum Gasteiger partial charge on any atom is 0.276 e. The van der Waals surface area contributed by atoms with Gasteiger partial charge >= 0.3 is 0 Å². The second-order valence-electron chi connectivity index (χ2n) is 7.65. The normalized spacial score (nSPS) is 20.0. The average molecular weight is 476 g/mol. The van der Waals surface area contributed by atoms with Crippen molar-refractivity contribution in [2.45, 2.75) is 24.7 Å². The highest BCUT2D eigenvalue weighted by atomic mass is 32.2. The fourth-order valence-electron chi connectivity index (χ4n) is 3.88. The van der Waals surface area contributed by atoms with Crippen LogP contribution in [-0.4, -0.2) is 80.4 Å². The number of nitrogens with zero attached hydrogens (tertiary/aromatic N) is 4. The predicted octanol–water partition coefficient (Wildman–Crippen LogP) is -0.348. The quantitative estimate of drug-likeness (QED) is 0.449. The lowest BCUT2D eigenvalue weighted by atomic mass is 9.96. The third-order valence-electron chi connectivity index (χ3n) is 5.71. The molecule has 0 atom stereocenters. The van der Waals surface area contributed by atoms with E-state index in [-0.39, 0.29) is 61.7 Å². The van der Waals surface area contributed by atoms with Crippen LogP contribution in [-0.2, 0) is 25.0 Å². The molecule has 0 bridgehead atoms. The summed E-state index contributed by atoms with van der Waals surface area (Å²) in [6.45, 7) is 2.47. The number of rotatable bonds is 5. The number of benzene rings is 1. The molecule has 12 nitrogen and oxygen atoms in total. The van der Waals surface area contributed by atoms with E-state index in [2.05, 4.69) is 0 Å². The number of aryl methyl sites for hydroxylation is 1. The Bertz CT molecular complexity index is 1070. The van der Waals surface area contributed by atoms with Crippen molar-refractivity contribution in [1.82, 2.24) is 13.5 Å². The van der Waals surface area contributed by atoms with Crippen molar-refractivity contribution in [3.63, 3.8) is 0 Å². The number of hydrogen-bond acceptors (Lipinski definition) is 7. The van der Waals surface area contributed by atoms with E-state index in [0.29, 0.717) is 18.4 Å². The van der Waals surface area contributed by atoms with Gasteiger partial charge in [0, 0.05) is 57.3 Å². The summed E-state index contributed by atoms with van der Waals surface area (Å²) >= 11 is 0. The number of nitrogens with two attached hydrogens (primary N) is 1. The van der Waals surface area contributed by atoms with Crippen LogP contribution in [0.4, 0.5) is 5.69 Å². The highest BCUT2D eigenvalue weighted by Gasteiger charge is 2.36. The Morgan fingerprint density at radius 2 is 1.61 bits per heavy atom. The van der Waals surface area contributed by atoms with E-state index >= 15 is 0 Å². The maximum absolute atomic E-state index is 13.0. The van der Waals surface area contributed by atoms with Crippen molar-refractivity contribution < 1.29 is 26.6 Å². The lowest BCUT2D eigenvalue weighted by Crippen LogP contribution is -2.53.